The molecule has 2 rings (SSSR count). The number of ether oxygens (including phenoxy) is 1. The van der Waals surface area contributed by atoms with E-state index in [1.54, 1.807) is 0 Å². The van der Waals surface area contributed by atoms with Crippen molar-refractivity contribution in [1.82, 2.24) is 10.3 Å². The molecule has 1 unspecified atom stereocenters. The molecule has 1 fully saturated rings. The molecule has 1 aliphatic rings. The zero-order chi connectivity index (χ0) is 9.97. The molecule has 76 valence electrons. The minimum atomic E-state index is -0.367. The molecule has 2 N–H and O–H groups in total. The van der Waals surface area contributed by atoms with E-state index in [2.05, 4.69) is 15.6 Å². The predicted octanol–water partition coefficient (Wildman–Crippen LogP) is 1.32. The number of hydrogen-bond donors (Lipinski definition) is 2. The van der Waals surface area contributed by atoms with Gasteiger partial charge >= 0.3 is 6.09 Å². The molecule has 7 heteroatoms. The van der Waals surface area contributed by atoms with Gasteiger partial charge in [-0.1, -0.05) is 11.6 Å². The van der Waals surface area contributed by atoms with Crippen molar-refractivity contribution in [3.63, 3.8) is 0 Å². The molecule has 0 radical (unpaired) electrons. The van der Waals surface area contributed by atoms with Crippen LogP contribution in [0.2, 0.25) is 4.47 Å². The summed E-state index contributed by atoms with van der Waals surface area (Å²) >= 11 is 7.01. The highest BCUT2D eigenvalue weighted by Gasteiger charge is 2.21. The lowest BCUT2D eigenvalue weighted by atomic mass is 10.3. The van der Waals surface area contributed by atoms with Gasteiger partial charge in [-0.3, -0.25) is 0 Å². The summed E-state index contributed by atoms with van der Waals surface area (Å²) in [6.45, 7) is 0.982. The van der Waals surface area contributed by atoms with Crippen molar-refractivity contribution in [3.8, 4) is 0 Å². The number of hydrogen-bond acceptors (Lipinski definition) is 5. The maximum atomic E-state index is 10.7. The molecular formula is C7H8ClN3O2S. The van der Waals surface area contributed by atoms with Crippen LogP contribution in [0.5, 0.6) is 0 Å². The summed E-state index contributed by atoms with van der Waals surface area (Å²) in [4.78, 5) is 14.7. The van der Waals surface area contributed by atoms with Crippen LogP contribution in [0.1, 0.15) is 0 Å². The molecule has 5 nitrogen and oxygen atoms in total. The first-order chi connectivity index (χ1) is 6.74. The highest BCUT2D eigenvalue weighted by Crippen LogP contribution is 2.18. The van der Waals surface area contributed by atoms with Gasteiger partial charge in [-0.25, -0.2) is 9.78 Å². The van der Waals surface area contributed by atoms with Gasteiger partial charge in [0.25, 0.3) is 0 Å². The number of nitrogens with zero attached hydrogens (tertiary/aromatic N) is 1. The molecule has 0 saturated carbocycles. The molecule has 0 bridgehead atoms. The van der Waals surface area contributed by atoms with Crippen molar-refractivity contribution in [2.75, 3.05) is 18.5 Å². The Morgan fingerprint density at radius 3 is 3.29 bits per heavy atom. The van der Waals surface area contributed by atoms with E-state index in [4.69, 9.17) is 16.3 Å². The minimum Gasteiger partial charge on any atom is -0.447 e. The number of amides is 1. The van der Waals surface area contributed by atoms with Crippen LogP contribution >= 0.6 is 22.9 Å². The van der Waals surface area contributed by atoms with E-state index in [9.17, 15) is 4.79 Å². The molecule has 1 saturated heterocycles. The molecule has 14 heavy (non-hydrogen) atoms. The van der Waals surface area contributed by atoms with Gasteiger partial charge in [0.2, 0.25) is 0 Å². The van der Waals surface area contributed by atoms with Crippen molar-refractivity contribution < 1.29 is 9.53 Å². The Morgan fingerprint density at radius 2 is 2.71 bits per heavy atom. The number of nitrogens with one attached hydrogen (secondary N) is 2. The Hall–Kier alpha value is -1.01. The normalized spacial score (nSPS) is 20.4. The number of anilines is 1. The summed E-state index contributed by atoms with van der Waals surface area (Å²) < 4.78 is 5.22. The summed E-state index contributed by atoms with van der Waals surface area (Å²) in [7, 11) is 0. The second kappa shape index (κ2) is 4.02. The maximum Gasteiger partial charge on any atom is 0.407 e. The lowest BCUT2D eigenvalue weighted by Crippen LogP contribution is -2.33. The molecule has 0 aromatic carbocycles. The number of carbonyl (C=O) groups excluding carboxylic acids is 1. The Morgan fingerprint density at radius 1 is 1.86 bits per heavy atom. The smallest absolute Gasteiger partial charge is 0.407 e. The molecule has 0 aliphatic carbocycles. The van der Waals surface area contributed by atoms with Crippen molar-refractivity contribution in [2.45, 2.75) is 6.04 Å². The fourth-order valence-corrected chi connectivity index (χ4v) is 1.82. The van der Waals surface area contributed by atoms with Crippen molar-refractivity contribution >= 4 is 34.8 Å². The zero-order valence-electron chi connectivity index (χ0n) is 7.12. The average molecular weight is 234 g/mol. The topological polar surface area (TPSA) is 63.2 Å². The third-order valence-electron chi connectivity index (χ3n) is 1.74. The van der Waals surface area contributed by atoms with Crippen molar-refractivity contribution in [3.05, 3.63) is 9.85 Å². The quantitative estimate of drug-likeness (QED) is 0.827. The van der Waals surface area contributed by atoms with Crippen LogP contribution in [0.15, 0.2) is 5.38 Å². The number of cyclic esters (lactones) is 1. The van der Waals surface area contributed by atoms with E-state index >= 15 is 0 Å². The number of aromatic nitrogens is 1. The largest absolute Gasteiger partial charge is 0.447 e. The van der Waals surface area contributed by atoms with Crippen LogP contribution in [0.3, 0.4) is 0 Å². The van der Waals surface area contributed by atoms with E-state index < -0.39 is 0 Å². The number of alkyl carbamates (subject to hydrolysis) is 1. The van der Waals surface area contributed by atoms with Gasteiger partial charge in [0, 0.05) is 11.9 Å². The SMILES string of the molecule is O=C1NC(CNc2csc(Cl)n2)CO1. The predicted molar refractivity (Wildman–Crippen MR) is 53.9 cm³/mol. The lowest BCUT2D eigenvalue weighted by molar-refractivity contribution is 0.177. The summed E-state index contributed by atoms with van der Waals surface area (Å²) in [6, 6.07) is 0.00276. The number of thiazole rings is 1. The van der Waals surface area contributed by atoms with Gasteiger partial charge in [0.05, 0.1) is 6.04 Å². The maximum absolute atomic E-state index is 10.7. The van der Waals surface area contributed by atoms with Gasteiger partial charge in [0.15, 0.2) is 4.47 Å². The van der Waals surface area contributed by atoms with E-state index in [0.29, 0.717) is 17.6 Å². The third kappa shape index (κ3) is 2.27. The third-order valence-corrected chi connectivity index (χ3v) is 2.72. The van der Waals surface area contributed by atoms with E-state index in [1.807, 2.05) is 5.38 Å². The standard InChI is InChI=1S/C7H8ClN3O2S/c8-6-11-5(3-14-6)9-1-4-2-13-7(12)10-4/h3-4,9H,1-2H2,(H,10,12). The number of halogens is 1. The second-order valence-corrected chi connectivity index (χ2v) is 4.25. The molecule has 1 atom stereocenters. The zero-order valence-corrected chi connectivity index (χ0v) is 8.69. The Bertz CT molecular complexity index is 343. The number of rotatable bonds is 3. The number of carbonyl (C=O) groups is 1. The monoisotopic (exact) mass is 233 g/mol. The second-order valence-electron chi connectivity index (χ2n) is 2.81. The first kappa shape index (κ1) is 9.54. The van der Waals surface area contributed by atoms with Gasteiger partial charge in [-0.2, -0.15) is 0 Å². The van der Waals surface area contributed by atoms with Crippen LogP contribution < -0.4 is 10.6 Å². The summed E-state index contributed by atoms with van der Waals surface area (Å²) in [5.41, 5.74) is 0. The average Bonchev–Trinajstić information content (AvgIpc) is 2.72. The first-order valence-corrected chi connectivity index (χ1v) is 5.28. The summed E-state index contributed by atoms with van der Waals surface area (Å²) in [5.74, 6) is 0.723. The molecule has 1 aliphatic heterocycles. The fourth-order valence-electron chi connectivity index (χ4n) is 1.10. The first-order valence-electron chi connectivity index (χ1n) is 4.02. The van der Waals surface area contributed by atoms with E-state index in [1.165, 1.54) is 11.3 Å². The van der Waals surface area contributed by atoms with Crippen molar-refractivity contribution in [1.29, 1.82) is 0 Å². The highest BCUT2D eigenvalue weighted by atomic mass is 35.5. The molecule has 1 aromatic rings. The molecular weight excluding hydrogens is 226 g/mol. The molecule has 0 spiro atoms. The van der Waals surface area contributed by atoms with Crippen LogP contribution in [0, 0.1) is 0 Å². The van der Waals surface area contributed by atoms with Crippen LogP contribution in [-0.2, 0) is 4.74 Å². The highest BCUT2D eigenvalue weighted by molar-refractivity contribution is 7.14. The van der Waals surface area contributed by atoms with Gasteiger partial charge in [-0.05, 0) is 0 Å². The van der Waals surface area contributed by atoms with Crippen LogP contribution in [0.25, 0.3) is 0 Å². The molecule has 2 heterocycles. The Kier molecular flexibility index (Phi) is 2.74. The lowest BCUT2D eigenvalue weighted by Gasteiger charge is -2.07. The molecule has 1 amide bonds. The van der Waals surface area contributed by atoms with Crippen LogP contribution in [0.4, 0.5) is 10.6 Å². The minimum absolute atomic E-state index is 0.00276. The Balaban J connectivity index is 1.80. The van der Waals surface area contributed by atoms with Crippen LogP contribution in [-0.4, -0.2) is 30.3 Å². The van der Waals surface area contributed by atoms with Crippen molar-refractivity contribution in [2.24, 2.45) is 0 Å². The van der Waals surface area contributed by atoms with Gasteiger partial charge in [-0.15, -0.1) is 11.3 Å². The van der Waals surface area contributed by atoms with Gasteiger partial charge < -0.3 is 15.4 Å². The van der Waals surface area contributed by atoms with E-state index in [0.717, 1.165) is 5.82 Å². The Labute approximate surface area is 89.4 Å². The van der Waals surface area contributed by atoms with E-state index in [-0.39, 0.29) is 12.1 Å². The molecule has 1 aromatic heterocycles. The van der Waals surface area contributed by atoms with Gasteiger partial charge in [0.1, 0.15) is 12.4 Å². The summed E-state index contributed by atoms with van der Waals surface area (Å²) in [5, 5.41) is 7.52. The summed E-state index contributed by atoms with van der Waals surface area (Å²) in [6.07, 6.45) is -0.367. The fraction of sp³-hybridized carbons (Fsp3) is 0.429.